The van der Waals surface area contributed by atoms with Crippen molar-refractivity contribution >= 4 is 46.5 Å². The van der Waals surface area contributed by atoms with Crippen LogP contribution < -0.4 is 10.9 Å². The Labute approximate surface area is 135 Å². The number of thiophene rings is 1. The van der Waals surface area contributed by atoms with E-state index in [2.05, 4.69) is 10.9 Å². The van der Waals surface area contributed by atoms with Gasteiger partial charge in [0.25, 0.3) is 5.91 Å². The largest absolute Gasteiger partial charge is 0.272 e. The lowest BCUT2D eigenvalue weighted by Crippen LogP contribution is -2.42. The number of amides is 2. The molecule has 0 atom stereocenters. The van der Waals surface area contributed by atoms with Gasteiger partial charge in [-0.2, -0.15) is 0 Å². The molecule has 0 unspecified atom stereocenters. The Balaban J connectivity index is 1.71. The van der Waals surface area contributed by atoms with Crippen molar-refractivity contribution < 1.29 is 9.59 Å². The molecule has 7 heteroatoms. The van der Waals surface area contributed by atoms with Crippen molar-refractivity contribution in [2.75, 3.05) is 5.75 Å². The number of thioether (sulfide) groups is 1. The minimum atomic E-state index is -0.433. The highest BCUT2D eigenvalue weighted by atomic mass is 35.5. The number of nitrogens with one attached hydrogen (secondary N) is 2. The molecule has 1 aromatic heterocycles. The van der Waals surface area contributed by atoms with Gasteiger partial charge < -0.3 is 0 Å². The van der Waals surface area contributed by atoms with E-state index in [0.717, 1.165) is 5.75 Å². The topological polar surface area (TPSA) is 58.2 Å². The summed E-state index contributed by atoms with van der Waals surface area (Å²) in [6, 6.07) is 10.7. The Morgan fingerprint density at radius 1 is 1.14 bits per heavy atom. The molecule has 110 valence electrons. The predicted octanol–water partition coefficient (Wildman–Crippen LogP) is 3.10. The Morgan fingerprint density at radius 2 is 1.95 bits per heavy atom. The summed E-state index contributed by atoms with van der Waals surface area (Å²) in [4.78, 5) is 24.6. The molecule has 0 fully saturated rings. The summed E-state index contributed by atoms with van der Waals surface area (Å²) in [7, 11) is 0. The first-order valence-electron chi connectivity index (χ1n) is 6.10. The minimum Gasteiger partial charge on any atom is -0.272 e. The molecular formula is C14H13ClN2O2S2. The van der Waals surface area contributed by atoms with Crippen LogP contribution in [0.5, 0.6) is 0 Å². The zero-order valence-electron chi connectivity index (χ0n) is 11.0. The summed E-state index contributed by atoms with van der Waals surface area (Å²) in [6.45, 7) is 0. The summed E-state index contributed by atoms with van der Waals surface area (Å²) in [5.41, 5.74) is 5.05. The van der Waals surface area contributed by atoms with Crippen LogP contribution in [0.25, 0.3) is 0 Å². The van der Waals surface area contributed by atoms with Crippen LogP contribution in [0.2, 0.25) is 5.02 Å². The van der Waals surface area contributed by atoms with Gasteiger partial charge in [0.05, 0.1) is 16.3 Å². The molecule has 0 aliphatic rings. The number of carbonyl (C=O) groups excluding carboxylic acids is 2. The molecule has 1 heterocycles. The average Bonchev–Trinajstić information content (AvgIpc) is 2.98. The monoisotopic (exact) mass is 340 g/mol. The predicted molar refractivity (Wildman–Crippen MR) is 87.5 cm³/mol. The first-order chi connectivity index (χ1) is 10.2. The maximum atomic E-state index is 11.8. The number of hydrogen-bond acceptors (Lipinski definition) is 4. The van der Waals surface area contributed by atoms with E-state index in [4.69, 9.17) is 11.6 Å². The lowest BCUT2D eigenvalue weighted by Gasteiger charge is -2.08. The van der Waals surface area contributed by atoms with Crippen LogP contribution in [0.4, 0.5) is 0 Å². The van der Waals surface area contributed by atoms with Crippen LogP contribution in [0.1, 0.15) is 15.2 Å². The molecule has 0 radical (unpaired) electrons. The van der Waals surface area contributed by atoms with Crippen LogP contribution in [-0.2, 0) is 10.5 Å². The maximum absolute atomic E-state index is 11.8. The van der Waals surface area contributed by atoms with Gasteiger partial charge in [-0.1, -0.05) is 29.8 Å². The van der Waals surface area contributed by atoms with E-state index in [-0.39, 0.29) is 11.7 Å². The van der Waals surface area contributed by atoms with Gasteiger partial charge in [-0.15, -0.1) is 23.1 Å². The van der Waals surface area contributed by atoms with E-state index in [0.29, 0.717) is 10.6 Å². The number of hydrogen-bond donors (Lipinski definition) is 2. The number of benzene rings is 1. The van der Waals surface area contributed by atoms with E-state index < -0.39 is 5.91 Å². The molecule has 0 bridgehead atoms. The highest BCUT2D eigenvalue weighted by Crippen LogP contribution is 2.16. The average molecular weight is 341 g/mol. The molecule has 0 aliphatic heterocycles. The standard InChI is InChI=1S/C14H13ClN2O2S2/c15-12-6-2-1-5-11(12)14(19)17-16-13(18)9-20-8-10-4-3-7-21-10/h1-7H,8-9H2,(H,16,18)(H,17,19). The fraction of sp³-hybridized carbons (Fsp3) is 0.143. The summed E-state index contributed by atoms with van der Waals surface area (Å²) in [5.74, 6) is 0.374. The fourth-order valence-electron chi connectivity index (χ4n) is 1.51. The van der Waals surface area contributed by atoms with E-state index in [1.807, 2.05) is 17.5 Å². The van der Waals surface area contributed by atoms with Gasteiger partial charge in [0, 0.05) is 10.6 Å². The summed E-state index contributed by atoms with van der Waals surface area (Å²) in [6.07, 6.45) is 0. The molecule has 0 saturated carbocycles. The van der Waals surface area contributed by atoms with Gasteiger partial charge in [-0.3, -0.25) is 20.4 Å². The van der Waals surface area contributed by atoms with Crippen molar-refractivity contribution in [3.63, 3.8) is 0 Å². The van der Waals surface area contributed by atoms with Gasteiger partial charge in [-0.25, -0.2) is 0 Å². The van der Waals surface area contributed by atoms with Crippen LogP contribution >= 0.6 is 34.7 Å². The molecule has 21 heavy (non-hydrogen) atoms. The summed E-state index contributed by atoms with van der Waals surface area (Å²) in [5, 5.41) is 2.34. The van der Waals surface area contributed by atoms with Gasteiger partial charge >= 0.3 is 0 Å². The molecule has 2 aromatic rings. The van der Waals surface area contributed by atoms with Gasteiger partial charge in [-0.05, 0) is 23.6 Å². The van der Waals surface area contributed by atoms with Crippen LogP contribution in [0.15, 0.2) is 41.8 Å². The second kappa shape index (κ2) is 8.07. The SMILES string of the molecule is O=C(CSCc1cccs1)NNC(=O)c1ccccc1Cl. The molecule has 1 aromatic carbocycles. The zero-order valence-corrected chi connectivity index (χ0v) is 13.4. The van der Waals surface area contributed by atoms with Crippen molar-refractivity contribution in [2.24, 2.45) is 0 Å². The molecule has 0 spiro atoms. The van der Waals surface area contributed by atoms with E-state index in [1.54, 1.807) is 35.6 Å². The normalized spacial score (nSPS) is 10.1. The summed E-state index contributed by atoms with van der Waals surface area (Å²) >= 11 is 9.04. The molecule has 0 aliphatic carbocycles. The number of halogens is 1. The van der Waals surface area contributed by atoms with Crippen molar-refractivity contribution in [1.82, 2.24) is 10.9 Å². The lowest BCUT2D eigenvalue weighted by atomic mass is 10.2. The fourth-order valence-corrected chi connectivity index (χ4v) is 3.40. The molecule has 2 N–H and O–H groups in total. The first kappa shape index (κ1) is 15.9. The third-order valence-corrected chi connectivity index (χ3v) is 4.86. The van der Waals surface area contributed by atoms with Crippen LogP contribution in [0, 0.1) is 0 Å². The Hall–Kier alpha value is -1.50. The van der Waals surface area contributed by atoms with Gasteiger partial charge in [0.2, 0.25) is 5.91 Å². The highest BCUT2D eigenvalue weighted by Gasteiger charge is 2.10. The van der Waals surface area contributed by atoms with Gasteiger partial charge in [0.1, 0.15) is 0 Å². The number of rotatable bonds is 5. The zero-order chi connectivity index (χ0) is 15.1. The third kappa shape index (κ3) is 5.08. The van der Waals surface area contributed by atoms with Crippen molar-refractivity contribution in [1.29, 1.82) is 0 Å². The molecule has 2 rings (SSSR count). The van der Waals surface area contributed by atoms with Gasteiger partial charge in [0.15, 0.2) is 0 Å². The summed E-state index contributed by atoms with van der Waals surface area (Å²) < 4.78 is 0. The van der Waals surface area contributed by atoms with E-state index in [9.17, 15) is 9.59 Å². The maximum Gasteiger partial charge on any atom is 0.271 e. The molecule has 4 nitrogen and oxygen atoms in total. The Morgan fingerprint density at radius 3 is 2.67 bits per heavy atom. The first-order valence-corrected chi connectivity index (χ1v) is 8.52. The molecule has 2 amide bonds. The Bertz CT molecular complexity index is 617. The second-order valence-electron chi connectivity index (χ2n) is 4.05. The van der Waals surface area contributed by atoms with Crippen LogP contribution in [0.3, 0.4) is 0 Å². The number of hydrazine groups is 1. The minimum absolute atomic E-state index is 0.253. The van der Waals surface area contributed by atoms with Crippen molar-refractivity contribution in [3.05, 3.63) is 57.2 Å². The third-order valence-electron chi connectivity index (χ3n) is 2.49. The number of carbonyl (C=O) groups is 2. The van der Waals surface area contributed by atoms with E-state index >= 15 is 0 Å². The Kier molecular flexibility index (Phi) is 6.10. The van der Waals surface area contributed by atoms with Crippen molar-refractivity contribution in [2.45, 2.75) is 5.75 Å². The smallest absolute Gasteiger partial charge is 0.271 e. The lowest BCUT2D eigenvalue weighted by molar-refractivity contribution is -0.119. The van der Waals surface area contributed by atoms with Crippen molar-refractivity contribution in [3.8, 4) is 0 Å². The second-order valence-corrected chi connectivity index (χ2v) is 6.48. The molecule has 0 saturated heterocycles. The van der Waals surface area contributed by atoms with Crippen LogP contribution in [-0.4, -0.2) is 17.6 Å². The van der Waals surface area contributed by atoms with E-state index in [1.165, 1.54) is 16.6 Å². The quantitative estimate of drug-likeness (QED) is 0.822. The highest BCUT2D eigenvalue weighted by molar-refractivity contribution is 7.99. The molecular weight excluding hydrogens is 328 g/mol.